The Morgan fingerprint density at radius 2 is 1.59 bits per heavy atom. The van der Waals surface area contributed by atoms with E-state index >= 15 is 0 Å². The lowest BCUT2D eigenvalue weighted by Gasteiger charge is -2.20. The van der Waals surface area contributed by atoms with Crippen LogP contribution in [0.5, 0.6) is 5.75 Å². The third-order valence-electron chi connectivity index (χ3n) is 5.79. The first-order chi connectivity index (χ1) is 14.0. The molecule has 3 aromatic carbocycles. The minimum absolute atomic E-state index is 0.0418. The number of benzene rings is 3. The third-order valence-corrected chi connectivity index (χ3v) is 5.79. The molecule has 29 heavy (non-hydrogen) atoms. The number of hydrogen-bond donors (Lipinski definition) is 1. The number of amides is 1. The number of nitrogens with one attached hydrogen (secondary N) is 1. The lowest BCUT2D eigenvalue weighted by atomic mass is 9.84. The highest BCUT2D eigenvalue weighted by Gasteiger charge is 2.60. The summed E-state index contributed by atoms with van der Waals surface area (Å²) < 4.78 is 5.68. The first kappa shape index (κ1) is 19.3. The standard InChI is InChI=1S/C26H27NO2/c1-4-29-24-14-6-5-13-23(24)27-25(28)22-17-26(22,20-11-7-9-18(2)15-20)21-12-8-10-19(3)16-21/h5-16,22H,4,17H2,1-3H3,(H,27,28). The number of carbonyl (C=O) groups is 1. The third kappa shape index (κ3) is 3.65. The van der Waals surface area contributed by atoms with E-state index in [9.17, 15) is 4.79 Å². The van der Waals surface area contributed by atoms with E-state index in [1.54, 1.807) is 0 Å². The Balaban J connectivity index is 1.68. The van der Waals surface area contributed by atoms with Gasteiger partial charge in [0, 0.05) is 5.41 Å². The molecule has 0 aromatic heterocycles. The van der Waals surface area contributed by atoms with Crippen molar-refractivity contribution in [3.63, 3.8) is 0 Å². The van der Waals surface area contributed by atoms with E-state index < -0.39 is 0 Å². The summed E-state index contributed by atoms with van der Waals surface area (Å²) in [7, 11) is 0. The van der Waals surface area contributed by atoms with Gasteiger partial charge in [-0.2, -0.15) is 0 Å². The van der Waals surface area contributed by atoms with Crippen LogP contribution in [0.1, 0.15) is 35.6 Å². The Kier molecular flexibility index (Phi) is 5.14. The molecule has 1 saturated carbocycles. The zero-order chi connectivity index (χ0) is 20.4. The Morgan fingerprint density at radius 1 is 0.966 bits per heavy atom. The lowest BCUT2D eigenvalue weighted by molar-refractivity contribution is -0.117. The number of carbonyl (C=O) groups excluding carboxylic acids is 1. The number of anilines is 1. The van der Waals surface area contributed by atoms with Crippen LogP contribution >= 0.6 is 0 Å². The fourth-order valence-corrected chi connectivity index (χ4v) is 4.30. The lowest BCUT2D eigenvalue weighted by Crippen LogP contribution is -2.22. The maximum Gasteiger partial charge on any atom is 0.228 e. The van der Waals surface area contributed by atoms with Crippen LogP contribution in [0.25, 0.3) is 0 Å². The molecule has 1 fully saturated rings. The Hall–Kier alpha value is -3.07. The van der Waals surface area contributed by atoms with Gasteiger partial charge in [0.05, 0.1) is 18.2 Å². The zero-order valence-electron chi connectivity index (χ0n) is 17.2. The second-order valence-electron chi connectivity index (χ2n) is 7.89. The second-order valence-corrected chi connectivity index (χ2v) is 7.89. The SMILES string of the molecule is CCOc1ccccc1NC(=O)C1CC1(c1cccc(C)c1)c1cccc(C)c1. The first-order valence-corrected chi connectivity index (χ1v) is 10.2. The van der Waals surface area contributed by atoms with Gasteiger partial charge in [-0.25, -0.2) is 0 Å². The van der Waals surface area contributed by atoms with Crippen LogP contribution in [0, 0.1) is 19.8 Å². The monoisotopic (exact) mass is 385 g/mol. The smallest absolute Gasteiger partial charge is 0.228 e. The van der Waals surface area contributed by atoms with Crippen molar-refractivity contribution in [1.82, 2.24) is 0 Å². The molecule has 0 heterocycles. The second kappa shape index (κ2) is 7.75. The number of rotatable bonds is 6. The molecule has 148 valence electrons. The molecule has 0 spiro atoms. The molecule has 3 aromatic rings. The molecule has 4 rings (SSSR count). The fraction of sp³-hybridized carbons (Fsp3) is 0.269. The molecule has 1 atom stereocenters. The number of ether oxygens (including phenoxy) is 1. The van der Waals surface area contributed by atoms with Crippen LogP contribution in [-0.2, 0) is 10.2 Å². The molecule has 0 bridgehead atoms. The molecule has 0 saturated heterocycles. The van der Waals surface area contributed by atoms with Crippen molar-refractivity contribution in [1.29, 1.82) is 0 Å². The van der Waals surface area contributed by atoms with E-state index in [4.69, 9.17) is 4.74 Å². The average Bonchev–Trinajstić information content (AvgIpc) is 3.47. The normalized spacial score (nSPS) is 16.9. The molecule has 1 unspecified atom stereocenters. The van der Waals surface area contributed by atoms with Gasteiger partial charge in [0.15, 0.2) is 0 Å². The van der Waals surface area contributed by atoms with Gasteiger partial charge in [-0.05, 0) is 50.5 Å². The van der Waals surface area contributed by atoms with E-state index in [-0.39, 0.29) is 17.2 Å². The molecule has 3 nitrogen and oxygen atoms in total. The van der Waals surface area contributed by atoms with E-state index in [0.717, 1.165) is 12.1 Å². The molecular formula is C26H27NO2. The van der Waals surface area contributed by atoms with E-state index in [1.165, 1.54) is 22.3 Å². The van der Waals surface area contributed by atoms with Crippen molar-refractivity contribution < 1.29 is 9.53 Å². The zero-order valence-corrected chi connectivity index (χ0v) is 17.2. The quantitative estimate of drug-likeness (QED) is 0.596. The summed E-state index contributed by atoms with van der Waals surface area (Å²) in [6, 6.07) is 24.7. The van der Waals surface area contributed by atoms with Crippen molar-refractivity contribution >= 4 is 11.6 Å². The predicted octanol–water partition coefficient (Wildman–Crippen LogP) is 5.65. The fourth-order valence-electron chi connectivity index (χ4n) is 4.30. The Labute approximate surface area is 172 Å². The van der Waals surface area contributed by atoms with Crippen molar-refractivity contribution in [3.05, 3.63) is 95.1 Å². The summed E-state index contributed by atoms with van der Waals surface area (Å²) >= 11 is 0. The predicted molar refractivity (Wildman–Crippen MR) is 117 cm³/mol. The summed E-state index contributed by atoms with van der Waals surface area (Å²) in [4.78, 5) is 13.3. The molecule has 0 radical (unpaired) electrons. The van der Waals surface area contributed by atoms with Crippen LogP contribution in [0.15, 0.2) is 72.8 Å². The van der Waals surface area contributed by atoms with Crippen molar-refractivity contribution in [3.8, 4) is 5.75 Å². The van der Waals surface area contributed by atoms with Gasteiger partial charge >= 0.3 is 0 Å². The molecule has 1 aliphatic rings. The van der Waals surface area contributed by atoms with Gasteiger partial charge in [-0.15, -0.1) is 0 Å². The number of aryl methyl sites for hydroxylation is 2. The van der Waals surface area contributed by atoms with Gasteiger partial charge in [-0.1, -0.05) is 71.8 Å². The van der Waals surface area contributed by atoms with E-state index in [0.29, 0.717) is 12.4 Å². The number of hydrogen-bond acceptors (Lipinski definition) is 2. The van der Waals surface area contributed by atoms with Crippen molar-refractivity contribution in [2.75, 3.05) is 11.9 Å². The van der Waals surface area contributed by atoms with Crippen LogP contribution in [-0.4, -0.2) is 12.5 Å². The van der Waals surface area contributed by atoms with E-state index in [1.807, 2.05) is 31.2 Å². The summed E-state index contributed by atoms with van der Waals surface area (Å²) in [5.74, 6) is 0.640. The van der Waals surface area contributed by atoms with Crippen molar-refractivity contribution in [2.24, 2.45) is 5.92 Å². The topological polar surface area (TPSA) is 38.3 Å². The van der Waals surface area contributed by atoms with Crippen LogP contribution in [0.3, 0.4) is 0 Å². The minimum atomic E-state index is -0.275. The molecule has 0 aliphatic heterocycles. The molecular weight excluding hydrogens is 358 g/mol. The summed E-state index contributed by atoms with van der Waals surface area (Å²) in [6.45, 7) is 6.71. The Bertz CT molecular complexity index is 995. The summed E-state index contributed by atoms with van der Waals surface area (Å²) in [5, 5.41) is 3.12. The molecule has 1 amide bonds. The summed E-state index contributed by atoms with van der Waals surface area (Å²) in [6.07, 6.45) is 0.808. The highest BCUT2D eigenvalue weighted by molar-refractivity contribution is 5.98. The van der Waals surface area contributed by atoms with Gasteiger partial charge in [0.2, 0.25) is 5.91 Å². The maximum atomic E-state index is 13.3. The minimum Gasteiger partial charge on any atom is -0.492 e. The van der Waals surface area contributed by atoms with E-state index in [2.05, 4.69) is 67.7 Å². The summed E-state index contributed by atoms with van der Waals surface area (Å²) in [5.41, 5.74) is 5.30. The number of para-hydroxylation sites is 2. The maximum absolute atomic E-state index is 13.3. The van der Waals surface area contributed by atoms with Crippen LogP contribution in [0.2, 0.25) is 0 Å². The average molecular weight is 386 g/mol. The molecule has 1 N–H and O–H groups in total. The van der Waals surface area contributed by atoms with Gasteiger partial charge in [0.25, 0.3) is 0 Å². The van der Waals surface area contributed by atoms with Gasteiger partial charge in [-0.3, -0.25) is 4.79 Å². The first-order valence-electron chi connectivity index (χ1n) is 10.2. The van der Waals surface area contributed by atoms with Crippen LogP contribution in [0.4, 0.5) is 5.69 Å². The highest BCUT2D eigenvalue weighted by Crippen LogP contribution is 2.59. The Morgan fingerprint density at radius 3 is 2.17 bits per heavy atom. The largest absolute Gasteiger partial charge is 0.492 e. The highest BCUT2D eigenvalue weighted by atomic mass is 16.5. The van der Waals surface area contributed by atoms with Crippen LogP contribution < -0.4 is 10.1 Å². The van der Waals surface area contributed by atoms with Crippen molar-refractivity contribution in [2.45, 2.75) is 32.6 Å². The van der Waals surface area contributed by atoms with Gasteiger partial charge in [0.1, 0.15) is 5.75 Å². The molecule has 3 heteroatoms. The van der Waals surface area contributed by atoms with Gasteiger partial charge < -0.3 is 10.1 Å². The molecule has 1 aliphatic carbocycles.